The maximum Gasteiger partial charge on any atom is 0.240 e. The molecule has 1 amide bonds. The Kier molecular flexibility index (Phi) is 1.78. The Bertz CT molecular complexity index is 187. The number of nitrogens with zero attached hydrogens (tertiary/aromatic N) is 2. The van der Waals surface area contributed by atoms with Crippen molar-refractivity contribution in [2.45, 2.75) is 12.6 Å². The Morgan fingerprint density at radius 2 is 2.45 bits per heavy atom. The number of carbonyl (C=O) groups excluding carboxylic acids is 1. The second-order valence-corrected chi connectivity index (χ2v) is 3.70. The fourth-order valence-corrected chi connectivity index (χ4v) is 2.34. The number of rotatable bonds is 0. The van der Waals surface area contributed by atoms with Crippen molar-refractivity contribution in [3.8, 4) is 0 Å². The van der Waals surface area contributed by atoms with Gasteiger partial charge in [-0.15, -0.1) is 11.8 Å². The van der Waals surface area contributed by atoms with Gasteiger partial charge in [0.2, 0.25) is 5.91 Å². The molecule has 1 unspecified atom stereocenters. The minimum atomic E-state index is -0.594. The van der Waals surface area contributed by atoms with Gasteiger partial charge in [0.05, 0.1) is 5.88 Å². The molecule has 0 saturated carbocycles. The lowest BCUT2D eigenvalue weighted by molar-refractivity contribution is -0.156. The normalized spacial score (nSPS) is 32.6. The number of amides is 1. The van der Waals surface area contributed by atoms with E-state index in [4.69, 9.17) is 0 Å². The molecule has 0 radical (unpaired) electrons. The van der Waals surface area contributed by atoms with Crippen LogP contribution >= 0.6 is 11.8 Å². The molecule has 2 fully saturated rings. The highest BCUT2D eigenvalue weighted by molar-refractivity contribution is 7.99. The van der Waals surface area contributed by atoms with Crippen LogP contribution in [0, 0.1) is 0 Å². The van der Waals surface area contributed by atoms with Crippen LogP contribution in [-0.2, 0) is 4.79 Å². The van der Waals surface area contributed by atoms with Crippen molar-refractivity contribution in [3.63, 3.8) is 0 Å². The van der Waals surface area contributed by atoms with Crippen LogP contribution in [0.5, 0.6) is 0 Å². The molecule has 0 aromatic heterocycles. The van der Waals surface area contributed by atoms with E-state index >= 15 is 0 Å². The zero-order valence-electron chi connectivity index (χ0n) is 6.06. The van der Waals surface area contributed by atoms with E-state index in [1.54, 1.807) is 11.8 Å². The molecule has 11 heavy (non-hydrogen) atoms. The van der Waals surface area contributed by atoms with E-state index in [0.29, 0.717) is 12.2 Å². The molecule has 0 aromatic rings. The SMILES string of the molecule is O=C1CCN2CSCC(O)N12. The van der Waals surface area contributed by atoms with Gasteiger partial charge in [-0.2, -0.15) is 0 Å². The summed E-state index contributed by atoms with van der Waals surface area (Å²) in [6.07, 6.45) is -0.0406. The lowest BCUT2D eigenvalue weighted by Crippen LogP contribution is -2.50. The van der Waals surface area contributed by atoms with E-state index in [2.05, 4.69) is 0 Å². The Morgan fingerprint density at radius 1 is 1.64 bits per heavy atom. The summed E-state index contributed by atoms with van der Waals surface area (Å²) in [5.74, 6) is 1.53. The summed E-state index contributed by atoms with van der Waals surface area (Å²) < 4.78 is 0. The molecule has 62 valence electrons. The summed E-state index contributed by atoms with van der Waals surface area (Å²) in [5.41, 5.74) is 0. The third kappa shape index (κ3) is 1.13. The number of hydrogen-bond acceptors (Lipinski definition) is 4. The fraction of sp³-hybridized carbons (Fsp3) is 0.833. The van der Waals surface area contributed by atoms with Crippen LogP contribution < -0.4 is 0 Å². The van der Waals surface area contributed by atoms with Crippen LogP contribution in [-0.4, -0.2) is 45.4 Å². The maximum atomic E-state index is 11.1. The molecule has 2 rings (SSSR count). The molecule has 2 aliphatic heterocycles. The number of aliphatic hydroxyl groups is 1. The van der Waals surface area contributed by atoms with Gasteiger partial charge in [0.1, 0.15) is 0 Å². The summed E-state index contributed by atoms with van der Waals surface area (Å²) >= 11 is 1.66. The largest absolute Gasteiger partial charge is 0.371 e. The molecule has 0 spiro atoms. The predicted molar refractivity (Wildman–Crippen MR) is 41.5 cm³/mol. The van der Waals surface area contributed by atoms with E-state index in [-0.39, 0.29) is 5.91 Å². The Morgan fingerprint density at radius 3 is 3.18 bits per heavy atom. The first-order valence-corrected chi connectivity index (χ1v) is 4.77. The summed E-state index contributed by atoms with van der Waals surface area (Å²) in [7, 11) is 0. The lowest BCUT2D eigenvalue weighted by Gasteiger charge is -2.35. The highest BCUT2D eigenvalue weighted by Gasteiger charge is 2.36. The van der Waals surface area contributed by atoms with Crippen molar-refractivity contribution in [2.75, 3.05) is 18.2 Å². The van der Waals surface area contributed by atoms with Crippen LogP contribution in [0.4, 0.5) is 0 Å². The van der Waals surface area contributed by atoms with Gasteiger partial charge in [-0.3, -0.25) is 4.79 Å². The summed E-state index contributed by atoms with van der Waals surface area (Å²) in [5, 5.41) is 12.8. The molecule has 0 bridgehead atoms. The van der Waals surface area contributed by atoms with E-state index < -0.39 is 6.23 Å². The van der Waals surface area contributed by atoms with Crippen molar-refractivity contribution in [1.82, 2.24) is 10.0 Å². The van der Waals surface area contributed by atoms with E-state index in [0.717, 1.165) is 12.4 Å². The standard InChI is InChI=1S/C6H10N2O2S/c9-5-1-2-7-4-11-3-6(10)8(5)7/h6,10H,1-4H2. The number of aliphatic hydroxyl groups excluding tert-OH is 1. The van der Waals surface area contributed by atoms with E-state index in [1.165, 1.54) is 5.01 Å². The lowest BCUT2D eigenvalue weighted by atomic mass is 10.4. The van der Waals surface area contributed by atoms with Crippen LogP contribution in [0.1, 0.15) is 6.42 Å². The van der Waals surface area contributed by atoms with Crippen LogP contribution in [0.15, 0.2) is 0 Å². The maximum absolute atomic E-state index is 11.1. The monoisotopic (exact) mass is 174 g/mol. The van der Waals surface area contributed by atoms with Crippen LogP contribution in [0.25, 0.3) is 0 Å². The van der Waals surface area contributed by atoms with Gasteiger partial charge < -0.3 is 5.11 Å². The molecule has 1 N–H and O–H groups in total. The molecule has 4 nitrogen and oxygen atoms in total. The van der Waals surface area contributed by atoms with Gasteiger partial charge in [0.15, 0.2) is 6.23 Å². The predicted octanol–water partition coefficient (Wildman–Crippen LogP) is -0.542. The highest BCUT2D eigenvalue weighted by atomic mass is 32.2. The average molecular weight is 174 g/mol. The van der Waals surface area contributed by atoms with Crippen molar-refractivity contribution >= 4 is 17.7 Å². The summed E-state index contributed by atoms with van der Waals surface area (Å²) in [4.78, 5) is 11.1. The molecule has 0 aliphatic carbocycles. The molecule has 5 heteroatoms. The van der Waals surface area contributed by atoms with Crippen LogP contribution in [0.3, 0.4) is 0 Å². The van der Waals surface area contributed by atoms with Crippen molar-refractivity contribution < 1.29 is 9.90 Å². The highest BCUT2D eigenvalue weighted by Crippen LogP contribution is 2.24. The van der Waals surface area contributed by atoms with Crippen molar-refractivity contribution in [2.24, 2.45) is 0 Å². The van der Waals surface area contributed by atoms with Crippen molar-refractivity contribution in [1.29, 1.82) is 0 Å². The first kappa shape index (κ1) is 7.39. The minimum Gasteiger partial charge on any atom is -0.371 e. The second-order valence-electron chi connectivity index (χ2n) is 2.70. The molecular formula is C6H10N2O2S. The van der Waals surface area contributed by atoms with Gasteiger partial charge in [0, 0.05) is 18.7 Å². The van der Waals surface area contributed by atoms with Gasteiger partial charge in [-0.25, -0.2) is 10.0 Å². The van der Waals surface area contributed by atoms with Gasteiger partial charge in [-0.1, -0.05) is 0 Å². The van der Waals surface area contributed by atoms with Crippen LogP contribution in [0.2, 0.25) is 0 Å². The first-order chi connectivity index (χ1) is 5.29. The molecule has 0 aromatic carbocycles. The smallest absolute Gasteiger partial charge is 0.240 e. The molecule has 2 heterocycles. The molecule has 2 aliphatic rings. The Balaban J connectivity index is 2.14. The van der Waals surface area contributed by atoms with Crippen molar-refractivity contribution in [3.05, 3.63) is 0 Å². The molecule has 1 atom stereocenters. The number of thioether (sulfide) groups is 1. The third-order valence-corrected chi connectivity index (χ3v) is 2.95. The van der Waals surface area contributed by atoms with Gasteiger partial charge >= 0.3 is 0 Å². The Hall–Kier alpha value is -0.260. The van der Waals surface area contributed by atoms with Gasteiger partial charge in [-0.05, 0) is 0 Å². The number of hydrogen-bond donors (Lipinski definition) is 1. The minimum absolute atomic E-state index is 0.0535. The zero-order chi connectivity index (χ0) is 7.84. The molecule has 2 saturated heterocycles. The first-order valence-electron chi connectivity index (χ1n) is 3.62. The van der Waals surface area contributed by atoms with Gasteiger partial charge in [0.25, 0.3) is 0 Å². The summed E-state index contributed by atoms with van der Waals surface area (Å²) in [6.45, 7) is 0.767. The number of fused-ring (bicyclic) bond motifs is 1. The number of hydrazine groups is 1. The second kappa shape index (κ2) is 2.66. The topological polar surface area (TPSA) is 43.8 Å². The van der Waals surface area contributed by atoms with E-state index in [9.17, 15) is 9.90 Å². The number of carbonyl (C=O) groups is 1. The average Bonchev–Trinajstić information content (AvgIpc) is 2.34. The Labute approximate surface area is 69.1 Å². The molecular weight excluding hydrogens is 164 g/mol. The fourth-order valence-electron chi connectivity index (χ4n) is 1.42. The van der Waals surface area contributed by atoms with E-state index in [1.807, 2.05) is 5.01 Å². The quantitative estimate of drug-likeness (QED) is 0.535. The summed E-state index contributed by atoms with van der Waals surface area (Å²) in [6, 6.07) is 0. The zero-order valence-corrected chi connectivity index (χ0v) is 6.88. The third-order valence-electron chi connectivity index (χ3n) is 1.93.